The number of imidazole rings is 1. The molecular formula is C22H20N2OS. The Morgan fingerprint density at radius 2 is 1.58 bits per heavy atom. The molecule has 0 saturated carbocycles. The quantitative estimate of drug-likeness (QED) is 0.517. The van der Waals surface area contributed by atoms with Crippen molar-refractivity contribution < 1.29 is 4.21 Å². The molecule has 1 N–H and O–H groups in total. The molecule has 1 atom stereocenters. The predicted molar refractivity (Wildman–Crippen MR) is 109 cm³/mol. The SMILES string of the molecule is CCCS(=O)c1ccc2nc(-c3ccc(-c4ccccc4)cc3)[nH]c2c1. The Balaban J connectivity index is 1.65. The van der Waals surface area contributed by atoms with Crippen LogP contribution in [0.15, 0.2) is 77.7 Å². The van der Waals surface area contributed by atoms with Gasteiger partial charge in [0.2, 0.25) is 0 Å². The van der Waals surface area contributed by atoms with Crippen LogP contribution in [0.1, 0.15) is 13.3 Å². The van der Waals surface area contributed by atoms with Gasteiger partial charge in [-0.05, 0) is 35.7 Å². The zero-order valence-corrected chi connectivity index (χ0v) is 15.4. The number of H-pyrrole nitrogens is 1. The van der Waals surface area contributed by atoms with Gasteiger partial charge in [0.05, 0.1) is 21.8 Å². The molecule has 0 fully saturated rings. The number of hydrogen-bond acceptors (Lipinski definition) is 2. The molecule has 0 amide bonds. The van der Waals surface area contributed by atoms with Crippen molar-refractivity contribution >= 4 is 21.8 Å². The lowest BCUT2D eigenvalue weighted by Crippen LogP contribution is -1.96. The molecule has 3 nitrogen and oxygen atoms in total. The summed E-state index contributed by atoms with van der Waals surface area (Å²) in [6.07, 6.45) is 0.909. The normalized spacial score (nSPS) is 12.3. The maximum absolute atomic E-state index is 12.2. The van der Waals surface area contributed by atoms with Crippen molar-refractivity contribution in [3.8, 4) is 22.5 Å². The van der Waals surface area contributed by atoms with Crippen LogP contribution in [0.4, 0.5) is 0 Å². The summed E-state index contributed by atoms with van der Waals surface area (Å²) < 4.78 is 12.2. The van der Waals surface area contributed by atoms with Crippen LogP contribution in [0.25, 0.3) is 33.5 Å². The summed E-state index contributed by atoms with van der Waals surface area (Å²) in [6.45, 7) is 2.05. The Hall–Kier alpha value is -2.72. The molecule has 0 radical (unpaired) electrons. The number of rotatable bonds is 5. The number of fused-ring (bicyclic) bond motifs is 1. The number of hydrogen-bond donors (Lipinski definition) is 1. The Bertz CT molecular complexity index is 1050. The lowest BCUT2D eigenvalue weighted by molar-refractivity contribution is 0.682. The van der Waals surface area contributed by atoms with E-state index in [1.165, 1.54) is 11.1 Å². The Morgan fingerprint density at radius 1 is 0.885 bits per heavy atom. The predicted octanol–water partition coefficient (Wildman–Crippen LogP) is 5.41. The highest BCUT2D eigenvalue weighted by Gasteiger charge is 2.09. The molecule has 1 heterocycles. The monoisotopic (exact) mass is 360 g/mol. The van der Waals surface area contributed by atoms with Gasteiger partial charge in [-0.2, -0.15) is 0 Å². The first-order chi connectivity index (χ1) is 12.7. The molecule has 4 aromatic rings. The van der Waals surface area contributed by atoms with E-state index in [9.17, 15) is 4.21 Å². The van der Waals surface area contributed by atoms with E-state index in [4.69, 9.17) is 0 Å². The highest BCUT2D eigenvalue weighted by atomic mass is 32.2. The number of benzene rings is 3. The largest absolute Gasteiger partial charge is 0.338 e. The van der Waals surface area contributed by atoms with E-state index in [2.05, 4.69) is 46.4 Å². The summed E-state index contributed by atoms with van der Waals surface area (Å²) in [5, 5.41) is 0. The van der Waals surface area contributed by atoms with Crippen molar-refractivity contribution in [1.29, 1.82) is 0 Å². The van der Waals surface area contributed by atoms with Crippen LogP contribution >= 0.6 is 0 Å². The third-order valence-electron chi connectivity index (χ3n) is 4.37. The average Bonchev–Trinajstić information content (AvgIpc) is 3.12. The van der Waals surface area contributed by atoms with Gasteiger partial charge in [0.1, 0.15) is 5.82 Å². The van der Waals surface area contributed by atoms with Gasteiger partial charge in [0.25, 0.3) is 0 Å². The van der Waals surface area contributed by atoms with Crippen molar-refractivity contribution in [1.82, 2.24) is 9.97 Å². The first-order valence-electron chi connectivity index (χ1n) is 8.78. The van der Waals surface area contributed by atoms with E-state index in [1.54, 1.807) is 0 Å². The maximum atomic E-state index is 12.2. The standard InChI is InChI=1S/C22H20N2OS/c1-2-14-26(25)19-12-13-20-21(15-19)24-22(23-20)18-10-8-17(9-11-18)16-6-4-3-5-7-16/h3-13,15H,2,14H2,1H3,(H,23,24). The highest BCUT2D eigenvalue weighted by Crippen LogP contribution is 2.25. The summed E-state index contributed by atoms with van der Waals surface area (Å²) in [5.41, 5.74) is 5.24. The van der Waals surface area contributed by atoms with Crippen LogP contribution in [0.5, 0.6) is 0 Å². The van der Waals surface area contributed by atoms with Crippen molar-refractivity contribution in [2.45, 2.75) is 18.2 Å². The van der Waals surface area contributed by atoms with Crippen LogP contribution < -0.4 is 0 Å². The molecule has 130 valence electrons. The number of aromatic nitrogens is 2. The zero-order valence-electron chi connectivity index (χ0n) is 14.6. The van der Waals surface area contributed by atoms with E-state index >= 15 is 0 Å². The lowest BCUT2D eigenvalue weighted by Gasteiger charge is -2.02. The number of nitrogens with one attached hydrogen (secondary N) is 1. The molecule has 0 aliphatic carbocycles. The van der Waals surface area contributed by atoms with Gasteiger partial charge in [-0.3, -0.25) is 4.21 Å². The van der Waals surface area contributed by atoms with Gasteiger partial charge in [-0.1, -0.05) is 61.5 Å². The molecule has 1 aromatic heterocycles. The second kappa shape index (κ2) is 7.26. The van der Waals surface area contributed by atoms with Gasteiger partial charge >= 0.3 is 0 Å². The molecule has 0 saturated heterocycles. The second-order valence-corrected chi connectivity index (χ2v) is 7.83. The summed E-state index contributed by atoms with van der Waals surface area (Å²) in [4.78, 5) is 8.90. The van der Waals surface area contributed by atoms with Gasteiger partial charge in [0.15, 0.2) is 0 Å². The van der Waals surface area contributed by atoms with Gasteiger partial charge < -0.3 is 4.98 Å². The first kappa shape index (κ1) is 16.7. The lowest BCUT2D eigenvalue weighted by atomic mass is 10.0. The fraction of sp³-hybridized carbons (Fsp3) is 0.136. The molecular weight excluding hydrogens is 340 g/mol. The Kier molecular flexibility index (Phi) is 4.67. The molecule has 0 aliphatic heterocycles. The molecule has 0 aliphatic rings. The van der Waals surface area contributed by atoms with Crippen LogP contribution in [0.2, 0.25) is 0 Å². The van der Waals surface area contributed by atoms with E-state index in [0.717, 1.165) is 33.7 Å². The molecule has 4 rings (SSSR count). The molecule has 1 unspecified atom stereocenters. The number of aromatic amines is 1. The van der Waals surface area contributed by atoms with Crippen LogP contribution in [0.3, 0.4) is 0 Å². The van der Waals surface area contributed by atoms with Gasteiger partial charge in [-0.25, -0.2) is 4.98 Å². The van der Waals surface area contributed by atoms with E-state index in [1.807, 2.05) is 43.3 Å². The molecule has 0 bridgehead atoms. The van der Waals surface area contributed by atoms with Crippen molar-refractivity contribution in [2.75, 3.05) is 5.75 Å². The molecule has 0 spiro atoms. The minimum absolute atomic E-state index is 0.688. The minimum Gasteiger partial charge on any atom is -0.338 e. The number of nitrogens with zero attached hydrogens (tertiary/aromatic N) is 1. The third kappa shape index (κ3) is 3.33. The summed E-state index contributed by atoms with van der Waals surface area (Å²) in [6, 6.07) is 24.5. The van der Waals surface area contributed by atoms with Gasteiger partial charge in [0, 0.05) is 16.2 Å². The summed E-state index contributed by atoms with van der Waals surface area (Å²) >= 11 is 0. The molecule has 26 heavy (non-hydrogen) atoms. The van der Waals surface area contributed by atoms with Crippen molar-refractivity contribution in [3.63, 3.8) is 0 Å². The molecule has 3 aromatic carbocycles. The summed E-state index contributed by atoms with van der Waals surface area (Å²) in [5.74, 6) is 1.52. The Morgan fingerprint density at radius 3 is 2.31 bits per heavy atom. The first-order valence-corrected chi connectivity index (χ1v) is 10.1. The van der Waals surface area contributed by atoms with Crippen molar-refractivity contribution in [3.05, 3.63) is 72.8 Å². The van der Waals surface area contributed by atoms with E-state index in [-0.39, 0.29) is 0 Å². The minimum atomic E-state index is -0.947. The van der Waals surface area contributed by atoms with Crippen molar-refractivity contribution in [2.24, 2.45) is 0 Å². The van der Waals surface area contributed by atoms with Gasteiger partial charge in [-0.15, -0.1) is 0 Å². The zero-order chi connectivity index (χ0) is 17.9. The molecule has 4 heteroatoms. The third-order valence-corrected chi connectivity index (χ3v) is 5.93. The Labute approximate surface area is 155 Å². The van der Waals surface area contributed by atoms with E-state index < -0.39 is 10.8 Å². The van der Waals surface area contributed by atoms with Crippen LogP contribution in [0, 0.1) is 0 Å². The fourth-order valence-electron chi connectivity index (χ4n) is 3.02. The topological polar surface area (TPSA) is 45.8 Å². The smallest absolute Gasteiger partial charge is 0.138 e. The van der Waals surface area contributed by atoms with Crippen LogP contribution in [-0.2, 0) is 10.8 Å². The van der Waals surface area contributed by atoms with E-state index in [0.29, 0.717) is 5.75 Å². The highest BCUT2D eigenvalue weighted by molar-refractivity contribution is 7.85. The second-order valence-electron chi connectivity index (χ2n) is 6.26. The fourth-order valence-corrected chi connectivity index (χ4v) is 4.10. The summed E-state index contributed by atoms with van der Waals surface area (Å²) in [7, 11) is -0.947. The average molecular weight is 360 g/mol. The van der Waals surface area contributed by atoms with Crippen LogP contribution in [-0.4, -0.2) is 19.9 Å². The maximum Gasteiger partial charge on any atom is 0.138 e.